The van der Waals surface area contributed by atoms with Crippen molar-refractivity contribution in [3.05, 3.63) is 34.5 Å². The number of nitrogens with zero attached hydrogens (tertiary/aromatic N) is 2. The number of nitrogens with one attached hydrogen (secondary N) is 1. The number of carbonyl (C=O) groups excluding carboxylic acids is 2. The number of para-hydroxylation sites is 1. The van der Waals surface area contributed by atoms with Gasteiger partial charge < -0.3 is 19.5 Å². The van der Waals surface area contributed by atoms with Crippen LogP contribution in [0.25, 0.3) is 11.0 Å². The van der Waals surface area contributed by atoms with E-state index in [9.17, 15) is 9.59 Å². The van der Waals surface area contributed by atoms with E-state index in [4.69, 9.17) is 16.0 Å². The van der Waals surface area contributed by atoms with E-state index in [2.05, 4.69) is 5.32 Å². The van der Waals surface area contributed by atoms with Crippen LogP contribution in [0.15, 0.2) is 22.6 Å². The fraction of sp³-hybridized carbons (Fsp3) is 0.524. The third-order valence-corrected chi connectivity index (χ3v) is 6.19. The zero-order valence-electron chi connectivity index (χ0n) is 16.2. The van der Waals surface area contributed by atoms with E-state index in [-0.39, 0.29) is 11.9 Å². The van der Waals surface area contributed by atoms with Crippen LogP contribution >= 0.6 is 11.6 Å². The van der Waals surface area contributed by atoms with Crippen LogP contribution in [-0.4, -0.2) is 54.0 Å². The Morgan fingerprint density at radius 1 is 1.07 bits per heavy atom. The van der Waals surface area contributed by atoms with Gasteiger partial charge in [-0.2, -0.15) is 0 Å². The number of urea groups is 1. The Kier molecular flexibility index (Phi) is 5.49. The van der Waals surface area contributed by atoms with E-state index in [0.29, 0.717) is 48.6 Å². The topological polar surface area (TPSA) is 65.8 Å². The van der Waals surface area contributed by atoms with Crippen LogP contribution in [0.1, 0.15) is 48.2 Å². The predicted molar refractivity (Wildman–Crippen MR) is 109 cm³/mol. The Hall–Kier alpha value is -2.21. The highest BCUT2D eigenvalue weighted by Gasteiger charge is 2.29. The number of furan rings is 1. The highest BCUT2D eigenvalue weighted by atomic mass is 35.5. The van der Waals surface area contributed by atoms with Crippen LogP contribution in [-0.2, 0) is 0 Å². The molecule has 2 aliphatic rings. The molecule has 1 aromatic heterocycles. The molecule has 1 aliphatic heterocycles. The molecule has 2 fully saturated rings. The van der Waals surface area contributed by atoms with Crippen molar-refractivity contribution >= 4 is 34.5 Å². The first-order chi connectivity index (χ1) is 13.5. The number of amides is 3. The summed E-state index contributed by atoms with van der Waals surface area (Å²) in [7, 11) is 0. The lowest BCUT2D eigenvalue weighted by atomic mass is 9.96. The van der Waals surface area contributed by atoms with E-state index in [1.54, 1.807) is 15.9 Å². The SMILES string of the molecule is Cc1c(C(=O)N2CCN(C(=O)NC3CCCCC3)CC2)oc2c(Cl)cccc12. The quantitative estimate of drug-likeness (QED) is 0.817. The number of halogens is 1. The third kappa shape index (κ3) is 3.70. The van der Waals surface area contributed by atoms with Crippen molar-refractivity contribution in [3.63, 3.8) is 0 Å². The molecule has 2 aromatic rings. The number of hydrogen-bond acceptors (Lipinski definition) is 3. The monoisotopic (exact) mass is 403 g/mol. The maximum Gasteiger partial charge on any atom is 0.317 e. The molecule has 0 bridgehead atoms. The second-order valence-corrected chi connectivity index (χ2v) is 8.14. The Balaban J connectivity index is 1.38. The number of piperazine rings is 1. The summed E-state index contributed by atoms with van der Waals surface area (Å²) in [6.07, 6.45) is 5.78. The average Bonchev–Trinajstić information content (AvgIpc) is 3.06. The minimum Gasteiger partial charge on any atom is -0.449 e. The molecule has 28 heavy (non-hydrogen) atoms. The largest absolute Gasteiger partial charge is 0.449 e. The predicted octanol–water partition coefficient (Wildman–Crippen LogP) is 4.19. The highest BCUT2D eigenvalue weighted by molar-refractivity contribution is 6.35. The van der Waals surface area contributed by atoms with Gasteiger partial charge in [0.05, 0.1) is 5.02 Å². The summed E-state index contributed by atoms with van der Waals surface area (Å²) in [5, 5.41) is 4.51. The summed E-state index contributed by atoms with van der Waals surface area (Å²) in [6.45, 7) is 3.94. The smallest absolute Gasteiger partial charge is 0.317 e. The molecule has 0 unspecified atom stereocenters. The van der Waals surface area contributed by atoms with Gasteiger partial charge in [0.1, 0.15) is 0 Å². The molecule has 1 saturated carbocycles. The number of aryl methyl sites for hydroxylation is 1. The molecule has 1 saturated heterocycles. The molecule has 4 rings (SSSR count). The summed E-state index contributed by atoms with van der Waals surface area (Å²) < 4.78 is 5.80. The maximum atomic E-state index is 13.0. The summed E-state index contributed by atoms with van der Waals surface area (Å²) in [5.74, 6) is 0.195. The molecule has 7 heteroatoms. The van der Waals surface area contributed by atoms with Gasteiger partial charge in [-0.05, 0) is 25.8 Å². The average molecular weight is 404 g/mol. The van der Waals surface area contributed by atoms with Gasteiger partial charge in [-0.3, -0.25) is 4.79 Å². The lowest BCUT2D eigenvalue weighted by Gasteiger charge is -2.35. The number of fused-ring (bicyclic) bond motifs is 1. The number of carbonyl (C=O) groups is 2. The zero-order valence-corrected chi connectivity index (χ0v) is 16.9. The van der Waals surface area contributed by atoms with Crippen LogP contribution in [0.4, 0.5) is 4.79 Å². The van der Waals surface area contributed by atoms with E-state index in [1.165, 1.54) is 19.3 Å². The molecule has 0 spiro atoms. The second kappa shape index (κ2) is 8.03. The van der Waals surface area contributed by atoms with Crippen LogP contribution in [0.5, 0.6) is 0 Å². The number of rotatable bonds is 2. The van der Waals surface area contributed by atoms with Gasteiger partial charge >= 0.3 is 6.03 Å². The van der Waals surface area contributed by atoms with Crippen LogP contribution in [0, 0.1) is 6.92 Å². The number of hydrogen-bond donors (Lipinski definition) is 1. The fourth-order valence-corrected chi connectivity index (χ4v) is 4.40. The Labute approximate surface area is 169 Å². The Morgan fingerprint density at radius 3 is 2.43 bits per heavy atom. The normalized spacial score (nSPS) is 18.5. The van der Waals surface area contributed by atoms with Gasteiger partial charge in [-0.1, -0.05) is 43.0 Å². The van der Waals surface area contributed by atoms with Crippen LogP contribution < -0.4 is 5.32 Å². The van der Waals surface area contributed by atoms with Crippen molar-refractivity contribution in [2.45, 2.75) is 45.1 Å². The first kappa shape index (κ1) is 19.1. The number of benzene rings is 1. The third-order valence-electron chi connectivity index (χ3n) is 5.90. The molecule has 1 aromatic carbocycles. The molecule has 1 N–H and O–H groups in total. The molecule has 0 radical (unpaired) electrons. The minimum absolute atomic E-state index is 0.00861. The Bertz CT molecular complexity index is 880. The highest BCUT2D eigenvalue weighted by Crippen LogP contribution is 2.31. The van der Waals surface area contributed by atoms with Crippen molar-refractivity contribution < 1.29 is 14.0 Å². The van der Waals surface area contributed by atoms with Gasteiger partial charge in [-0.15, -0.1) is 0 Å². The van der Waals surface area contributed by atoms with Gasteiger partial charge in [0.2, 0.25) is 0 Å². The van der Waals surface area contributed by atoms with Gasteiger partial charge in [0.15, 0.2) is 11.3 Å². The fourth-order valence-electron chi connectivity index (χ4n) is 4.18. The molecule has 2 heterocycles. The minimum atomic E-state index is -0.142. The summed E-state index contributed by atoms with van der Waals surface area (Å²) in [4.78, 5) is 29.0. The molecule has 1 aliphatic carbocycles. The van der Waals surface area contributed by atoms with Crippen molar-refractivity contribution in [2.24, 2.45) is 0 Å². The van der Waals surface area contributed by atoms with E-state index in [0.717, 1.165) is 23.8 Å². The zero-order chi connectivity index (χ0) is 19.7. The van der Waals surface area contributed by atoms with Crippen molar-refractivity contribution in [2.75, 3.05) is 26.2 Å². The summed E-state index contributed by atoms with van der Waals surface area (Å²) >= 11 is 6.20. The van der Waals surface area contributed by atoms with E-state index < -0.39 is 0 Å². The molecule has 0 atom stereocenters. The molecule has 6 nitrogen and oxygen atoms in total. The van der Waals surface area contributed by atoms with E-state index in [1.807, 2.05) is 19.1 Å². The van der Waals surface area contributed by atoms with Crippen LogP contribution in [0.3, 0.4) is 0 Å². The van der Waals surface area contributed by atoms with E-state index >= 15 is 0 Å². The lowest BCUT2D eigenvalue weighted by Crippen LogP contribution is -2.54. The summed E-state index contributed by atoms with van der Waals surface area (Å²) in [6, 6.07) is 5.80. The molecular formula is C21H26ClN3O3. The Morgan fingerprint density at radius 2 is 1.75 bits per heavy atom. The maximum absolute atomic E-state index is 13.0. The van der Waals surface area contributed by atoms with Crippen molar-refractivity contribution in [1.82, 2.24) is 15.1 Å². The van der Waals surface area contributed by atoms with Gasteiger partial charge in [0.25, 0.3) is 5.91 Å². The van der Waals surface area contributed by atoms with Crippen molar-refractivity contribution in [1.29, 1.82) is 0 Å². The molecule has 3 amide bonds. The first-order valence-electron chi connectivity index (χ1n) is 10.1. The second-order valence-electron chi connectivity index (χ2n) is 7.74. The van der Waals surface area contributed by atoms with Gasteiger partial charge in [-0.25, -0.2) is 4.79 Å². The molecule has 150 valence electrons. The summed E-state index contributed by atoms with van der Waals surface area (Å²) in [5.41, 5.74) is 1.36. The first-order valence-corrected chi connectivity index (χ1v) is 10.4. The van der Waals surface area contributed by atoms with Crippen molar-refractivity contribution in [3.8, 4) is 0 Å². The molecular weight excluding hydrogens is 378 g/mol. The van der Waals surface area contributed by atoms with Crippen LogP contribution in [0.2, 0.25) is 5.02 Å². The lowest BCUT2D eigenvalue weighted by molar-refractivity contribution is 0.0633. The van der Waals surface area contributed by atoms with Gasteiger partial charge in [0, 0.05) is 43.2 Å². The standard InChI is InChI=1S/C21H26ClN3O3/c1-14-16-8-5-9-17(22)19(16)28-18(14)20(26)24-10-12-25(13-11-24)21(27)23-15-6-3-2-4-7-15/h5,8-9,15H,2-4,6-7,10-13H2,1H3,(H,23,27).